The van der Waals surface area contributed by atoms with Gasteiger partial charge in [0.25, 0.3) is 0 Å². The third-order valence-corrected chi connectivity index (χ3v) is 4.79. The Bertz CT molecular complexity index is 497. The topological polar surface area (TPSA) is 41.1 Å². The van der Waals surface area contributed by atoms with Gasteiger partial charge in [-0.05, 0) is 49.9 Å². The van der Waals surface area contributed by atoms with E-state index in [1.807, 2.05) is 18.2 Å². The molecule has 0 radical (unpaired) electrons. The molecule has 1 saturated heterocycles. The zero-order chi connectivity index (χ0) is 14.0. The normalized spacial score (nSPS) is 23.0. The molecule has 5 heteroatoms. The molecule has 2 N–H and O–H groups in total. The third-order valence-electron chi connectivity index (χ3n) is 4.56. The minimum absolute atomic E-state index is 0. The number of hydrogen-bond acceptors (Lipinski definition) is 2. The van der Waals surface area contributed by atoms with Crippen molar-refractivity contribution in [3.63, 3.8) is 0 Å². The Kier molecular flexibility index (Phi) is 5.53. The molecule has 2 aliphatic rings. The smallest absolute Gasteiger partial charge is 0.224 e. The van der Waals surface area contributed by atoms with Gasteiger partial charge in [-0.15, -0.1) is 12.4 Å². The summed E-state index contributed by atoms with van der Waals surface area (Å²) in [6, 6.07) is 8.04. The number of hydrogen-bond donors (Lipinski definition) is 2. The van der Waals surface area contributed by atoms with Crippen LogP contribution in [0.25, 0.3) is 0 Å². The van der Waals surface area contributed by atoms with E-state index in [2.05, 4.69) is 16.7 Å². The number of piperidine rings is 1. The van der Waals surface area contributed by atoms with E-state index in [1.165, 1.54) is 5.56 Å². The van der Waals surface area contributed by atoms with E-state index in [-0.39, 0.29) is 29.6 Å². The van der Waals surface area contributed by atoms with Crippen molar-refractivity contribution in [3.05, 3.63) is 34.9 Å². The molecule has 1 aromatic rings. The summed E-state index contributed by atoms with van der Waals surface area (Å²) in [6.07, 6.45) is 4.37. The Labute approximate surface area is 137 Å². The van der Waals surface area contributed by atoms with Gasteiger partial charge in [0.2, 0.25) is 5.91 Å². The van der Waals surface area contributed by atoms with Crippen molar-refractivity contribution in [2.45, 2.75) is 31.1 Å². The maximum absolute atomic E-state index is 12.2. The predicted molar refractivity (Wildman–Crippen MR) is 88.2 cm³/mol. The first-order valence-electron chi connectivity index (χ1n) is 7.44. The fraction of sp³-hybridized carbons (Fsp3) is 0.562. The van der Waals surface area contributed by atoms with E-state index in [9.17, 15) is 4.79 Å². The summed E-state index contributed by atoms with van der Waals surface area (Å²) in [4.78, 5) is 12.2. The van der Waals surface area contributed by atoms with Gasteiger partial charge in [-0.2, -0.15) is 0 Å². The third kappa shape index (κ3) is 3.91. The Morgan fingerprint density at radius 1 is 1.43 bits per heavy atom. The summed E-state index contributed by atoms with van der Waals surface area (Å²) >= 11 is 6.07. The summed E-state index contributed by atoms with van der Waals surface area (Å²) in [7, 11) is 0. The van der Waals surface area contributed by atoms with E-state index < -0.39 is 0 Å². The van der Waals surface area contributed by atoms with E-state index in [4.69, 9.17) is 11.6 Å². The molecule has 1 unspecified atom stereocenters. The summed E-state index contributed by atoms with van der Waals surface area (Å²) in [5.74, 6) is 0.337. The van der Waals surface area contributed by atoms with E-state index in [0.717, 1.165) is 50.3 Å². The van der Waals surface area contributed by atoms with Crippen molar-refractivity contribution in [1.29, 1.82) is 0 Å². The van der Waals surface area contributed by atoms with E-state index in [0.29, 0.717) is 0 Å². The molecule has 1 atom stereocenters. The van der Waals surface area contributed by atoms with Crippen LogP contribution in [0.15, 0.2) is 24.3 Å². The van der Waals surface area contributed by atoms with Gasteiger partial charge >= 0.3 is 0 Å². The molecule has 1 amide bonds. The van der Waals surface area contributed by atoms with Gasteiger partial charge in [-0.1, -0.05) is 23.7 Å². The highest BCUT2D eigenvalue weighted by Gasteiger charge is 2.44. The number of benzene rings is 1. The van der Waals surface area contributed by atoms with Crippen LogP contribution in [0.2, 0.25) is 5.02 Å². The molecular weight excluding hydrogens is 307 g/mol. The predicted octanol–water partition coefficient (Wildman–Crippen LogP) is 2.91. The van der Waals surface area contributed by atoms with Crippen molar-refractivity contribution >= 4 is 29.9 Å². The van der Waals surface area contributed by atoms with E-state index >= 15 is 0 Å². The van der Waals surface area contributed by atoms with Gasteiger partial charge in [0.15, 0.2) is 0 Å². The van der Waals surface area contributed by atoms with Crippen LogP contribution in [0.3, 0.4) is 0 Å². The van der Waals surface area contributed by atoms with E-state index in [1.54, 1.807) is 0 Å². The first-order chi connectivity index (χ1) is 9.70. The highest BCUT2D eigenvalue weighted by atomic mass is 35.5. The SMILES string of the molecule is Cl.O=C(NCC1(c2cccc(Cl)c2)CC1)C1CCCNC1. The number of halogens is 2. The monoisotopic (exact) mass is 328 g/mol. The van der Waals surface area contributed by atoms with Crippen LogP contribution >= 0.6 is 24.0 Å². The standard InChI is InChI=1S/C16H21ClN2O.ClH/c17-14-5-1-4-13(9-14)16(6-7-16)11-19-15(20)12-3-2-8-18-10-12;/h1,4-5,9,12,18H,2-3,6-8,10-11H2,(H,19,20);1H. The molecule has 1 aliphatic heterocycles. The fourth-order valence-electron chi connectivity index (χ4n) is 3.01. The second-order valence-electron chi connectivity index (χ2n) is 6.05. The highest BCUT2D eigenvalue weighted by Crippen LogP contribution is 2.48. The Morgan fingerprint density at radius 3 is 2.86 bits per heavy atom. The van der Waals surface area contributed by atoms with Gasteiger partial charge in [0.1, 0.15) is 0 Å². The molecule has 0 bridgehead atoms. The lowest BCUT2D eigenvalue weighted by atomic mass is 9.94. The number of rotatable bonds is 4. The number of amides is 1. The summed E-state index contributed by atoms with van der Waals surface area (Å²) in [5.41, 5.74) is 1.38. The Hall–Kier alpha value is -0.770. The van der Waals surface area contributed by atoms with Gasteiger partial charge in [-0.3, -0.25) is 4.79 Å². The van der Waals surface area contributed by atoms with Crippen LogP contribution in [-0.4, -0.2) is 25.5 Å². The highest BCUT2D eigenvalue weighted by molar-refractivity contribution is 6.30. The zero-order valence-electron chi connectivity index (χ0n) is 12.0. The van der Waals surface area contributed by atoms with Crippen LogP contribution < -0.4 is 10.6 Å². The molecule has 0 spiro atoms. The molecule has 1 saturated carbocycles. The van der Waals surface area contributed by atoms with Crippen LogP contribution in [0, 0.1) is 5.92 Å². The Morgan fingerprint density at radius 2 is 2.24 bits per heavy atom. The molecule has 3 nitrogen and oxygen atoms in total. The van der Waals surface area contributed by atoms with Crippen LogP contribution in [0.1, 0.15) is 31.2 Å². The summed E-state index contributed by atoms with van der Waals surface area (Å²) in [6.45, 7) is 2.59. The zero-order valence-corrected chi connectivity index (χ0v) is 13.6. The minimum atomic E-state index is 0. The van der Waals surface area contributed by atoms with Crippen molar-refractivity contribution < 1.29 is 4.79 Å². The van der Waals surface area contributed by atoms with Crippen LogP contribution in [0.4, 0.5) is 0 Å². The number of nitrogens with one attached hydrogen (secondary N) is 2. The quantitative estimate of drug-likeness (QED) is 0.892. The number of carbonyl (C=O) groups excluding carboxylic acids is 1. The second kappa shape index (κ2) is 6.99. The molecule has 3 rings (SSSR count). The second-order valence-corrected chi connectivity index (χ2v) is 6.49. The summed E-state index contributed by atoms with van der Waals surface area (Å²) in [5, 5.41) is 7.22. The maximum Gasteiger partial charge on any atom is 0.224 e. The fourth-order valence-corrected chi connectivity index (χ4v) is 3.20. The maximum atomic E-state index is 12.2. The average Bonchev–Trinajstić information content (AvgIpc) is 3.27. The van der Waals surface area contributed by atoms with Crippen molar-refractivity contribution in [3.8, 4) is 0 Å². The van der Waals surface area contributed by atoms with Crippen molar-refractivity contribution in [2.24, 2.45) is 5.92 Å². The molecule has 1 heterocycles. The van der Waals surface area contributed by atoms with Crippen LogP contribution in [-0.2, 0) is 10.2 Å². The van der Waals surface area contributed by atoms with Gasteiger partial charge < -0.3 is 10.6 Å². The minimum Gasteiger partial charge on any atom is -0.355 e. The largest absolute Gasteiger partial charge is 0.355 e. The molecule has 21 heavy (non-hydrogen) atoms. The molecule has 2 fully saturated rings. The van der Waals surface area contributed by atoms with Gasteiger partial charge in [0, 0.05) is 23.5 Å². The Balaban J connectivity index is 0.00000161. The number of carbonyl (C=O) groups is 1. The van der Waals surface area contributed by atoms with Gasteiger partial charge in [0.05, 0.1) is 5.92 Å². The molecular formula is C16H22Cl2N2O. The lowest BCUT2D eigenvalue weighted by molar-refractivity contribution is -0.125. The van der Waals surface area contributed by atoms with Crippen molar-refractivity contribution in [2.75, 3.05) is 19.6 Å². The lowest BCUT2D eigenvalue weighted by Gasteiger charge is -2.24. The molecule has 1 aromatic carbocycles. The lowest BCUT2D eigenvalue weighted by Crippen LogP contribution is -2.42. The molecule has 0 aromatic heterocycles. The molecule has 1 aliphatic carbocycles. The first kappa shape index (κ1) is 16.6. The molecule has 116 valence electrons. The summed E-state index contributed by atoms with van der Waals surface area (Å²) < 4.78 is 0. The van der Waals surface area contributed by atoms with Gasteiger partial charge in [-0.25, -0.2) is 0 Å². The van der Waals surface area contributed by atoms with Crippen LogP contribution in [0.5, 0.6) is 0 Å². The first-order valence-corrected chi connectivity index (χ1v) is 7.82. The average molecular weight is 329 g/mol. The van der Waals surface area contributed by atoms with Crippen molar-refractivity contribution in [1.82, 2.24) is 10.6 Å².